The topological polar surface area (TPSA) is 96.7 Å². The Morgan fingerprint density at radius 1 is 0.872 bits per heavy atom. The predicted octanol–water partition coefficient (Wildman–Crippen LogP) is 7.15. The van der Waals surface area contributed by atoms with Crippen LogP contribution in [0.1, 0.15) is 42.5 Å². The zero-order chi connectivity index (χ0) is 32.5. The highest BCUT2D eigenvalue weighted by molar-refractivity contribution is 5.92. The second kappa shape index (κ2) is 12.4. The molecule has 8 heteroatoms. The van der Waals surface area contributed by atoms with Crippen LogP contribution < -0.4 is 10.6 Å². The van der Waals surface area contributed by atoms with E-state index >= 15 is 4.39 Å². The highest BCUT2D eigenvalue weighted by atomic mass is 19.1. The highest BCUT2D eigenvalue weighted by Crippen LogP contribution is 2.44. The number of hydrogen-bond acceptors (Lipinski definition) is 6. The van der Waals surface area contributed by atoms with E-state index in [0.717, 1.165) is 23.1 Å². The van der Waals surface area contributed by atoms with Crippen LogP contribution >= 0.6 is 0 Å². The summed E-state index contributed by atoms with van der Waals surface area (Å²) in [5.41, 5.74) is 10.0. The van der Waals surface area contributed by atoms with Crippen molar-refractivity contribution in [3.05, 3.63) is 143 Å². The fourth-order valence-corrected chi connectivity index (χ4v) is 7.07. The van der Waals surface area contributed by atoms with Crippen molar-refractivity contribution < 1.29 is 4.39 Å². The monoisotopic (exact) mass is 621 g/mol. The number of nitrogens with two attached hydrogens (primary N) is 1. The van der Waals surface area contributed by atoms with Gasteiger partial charge in [0.1, 0.15) is 23.0 Å². The van der Waals surface area contributed by atoms with E-state index in [1.807, 2.05) is 76.3 Å². The molecule has 47 heavy (non-hydrogen) atoms. The molecule has 1 fully saturated rings. The molecule has 3 aromatic carbocycles. The third-order valence-corrected chi connectivity index (χ3v) is 9.48. The molecule has 0 spiro atoms. The van der Waals surface area contributed by atoms with Gasteiger partial charge in [-0.2, -0.15) is 10.4 Å². The van der Waals surface area contributed by atoms with Gasteiger partial charge in [0.2, 0.25) is 0 Å². The first-order chi connectivity index (χ1) is 22.9. The van der Waals surface area contributed by atoms with Crippen molar-refractivity contribution in [1.82, 2.24) is 19.7 Å². The van der Waals surface area contributed by atoms with Crippen LogP contribution in [-0.4, -0.2) is 38.9 Å². The van der Waals surface area contributed by atoms with Gasteiger partial charge >= 0.3 is 0 Å². The van der Waals surface area contributed by atoms with E-state index in [9.17, 15) is 5.26 Å². The molecule has 2 atom stereocenters. The number of hydrogen-bond donors (Lipinski definition) is 1. The smallest absolute Gasteiger partial charge is 0.167 e. The molecular weight excluding hydrogens is 585 g/mol. The van der Waals surface area contributed by atoms with Gasteiger partial charge in [-0.25, -0.2) is 19.0 Å². The molecule has 0 saturated carbocycles. The fourth-order valence-electron chi connectivity index (χ4n) is 7.07. The maximum atomic E-state index is 15.7. The quantitative estimate of drug-likeness (QED) is 0.181. The summed E-state index contributed by atoms with van der Waals surface area (Å²) in [5.74, 6) is 0.224. The van der Waals surface area contributed by atoms with E-state index in [-0.39, 0.29) is 23.3 Å². The number of fused-ring (bicyclic) bond motifs is 1. The maximum Gasteiger partial charge on any atom is 0.167 e. The summed E-state index contributed by atoms with van der Waals surface area (Å²) < 4.78 is 17.7. The van der Waals surface area contributed by atoms with Crippen molar-refractivity contribution in [1.29, 1.82) is 5.26 Å². The number of pyridine rings is 2. The van der Waals surface area contributed by atoms with Crippen molar-refractivity contribution in [2.75, 3.05) is 18.0 Å². The van der Waals surface area contributed by atoms with Crippen molar-refractivity contribution in [3.63, 3.8) is 0 Å². The van der Waals surface area contributed by atoms with Gasteiger partial charge in [-0.05, 0) is 53.1 Å². The minimum atomic E-state index is -0.945. The minimum Gasteiger partial charge on any atom is -0.354 e. The number of anilines is 1. The molecule has 0 radical (unpaired) electrons. The molecule has 234 valence electrons. The largest absolute Gasteiger partial charge is 0.354 e. The van der Waals surface area contributed by atoms with Gasteiger partial charge in [0, 0.05) is 30.7 Å². The normalized spacial score (nSPS) is 15.7. The maximum absolute atomic E-state index is 15.7. The zero-order valence-electron chi connectivity index (χ0n) is 26.5. The van der Waals surface area contributed by atoms with Gasteiger partial charge in [-0.1, -0.05) is 105 Å². The molecule has 0 bridgehead atoms. The molecule has 0 aliphatic carbocycles. The van der Waals surface area contributed by atoms with Gasteiger partial charge in [0.25, 0.3) is 0 Å². The molecule has 1 aliphatic heterocycles. The van der Waals surface area contributed by atoms with Crippen LogP contribution in [0.4, 0.5) is 10.2 Å². The van der Waals surface area contributed by atoms with Crippen LogP contribution in [0.25, 0.3) is 22.4 Å². The van der Waals surface area contributed by atoms with E-state index < -0.39 is 11.4 Å². The second-order valence-electron chi connectivity index (χ2n) is 12.6. The average Bonchev–Trinajstić information content (AvgIpc) is 3.76. The Hall–Kier alpha value is -5.39. The summed E-state index contributed by atoms with van der Waals surface area (Å²) >= 11 is 0. The average molecular weight is 622 g/mol. The molecule has 1 unspecified atom stereocenters. The summed E-state index contributed by atoms with van der Waals surface area (Å²) in [6, 6.07) is 37.9. The number of benzene rings is 3. The molecular formula is C39H36FN7. The lowest BCUT2D eigenvalue weighted by molar-refractivity contribution is 0.365. The van der Waals surface area contributed by atoms with Crippen LogP contribution in [0.3, 0.4) is 0 Å². The molecule has 6 aromatic rings. The first-order valence-corrected chi connectivity index (χ1v) is 16.1. The summed E-state index contributed by atoms with van der Waals surface area (Å²) in [4.78, 5) is 11.7. The van der Waals surface area contributed by atoms with Crippen LogP contribution in [0.15, 0.2) is 115 Å². The molecule has 7 nitrogen and oxygen atoms in total. The lowest BCUT2D eigenvalue weighted by Gasteiger charge is -2.36. The van der Waals surface area contributed by atoms with E-state index in [1.54, 1.807) is 6.20 Å². The van der Waals surface area contributed by atoms with Crippen LogP contribution in [0.5, 0.6) is 0 Å². The number of nitriles is 1. The Morgan fingerprint density at radius 3 is 2.02 bits per heavy atom. The standard InChI is InChI=1S/C39H36FN7/c1-26(2)34(42)27-20-22-46(25-27)38-33(40)23-28(24-41)35(44-38)36-32-19-12-21-43-37(32)47(45-36)39(29-13-6-3-7-14-29,30-15-8-4-9-16-30)31-17-10-5-11-18-31/h3-19,21,23,26-27,34H,20,22,25,42H2,1-2H3/t27-,34?/m0/s1. The molecule has 7 rings (SSSR count). The fraction of sp³-hybridized carbons (Fsp3) is 0.231. The third-order valence-electron chi connectivity index (χ3n) is 9.48. The number of aromatic nitrogens is 4. The van der Waals surface area contributed by atoms with Crippen LogP contribution in [-0.2, 0) is 5.54 Å². The summed E-state index contributed by atoms with van der Waals surface area (Å²) in [5, 5.41) is 16.3. The lowest BCUT2D eigenvalue weighted by atomic mass is 9.77. The molecule has 1 saturated heterocycles. The molecule has 4 heterocycles. The van der Waals surface area contributed by atoms with Gasteiger partial charge in [0.15, 0.2) is 17.3 Å². The van der Waals surface area contributed by atoms with Crippen molar-refractivity contribution >= 4 is 16.9 Å². The Kier molecular flexibility index (Phi) is 8.00. The second-order valence-corrected chi connectivity index (χ2v) is 12.6. The first-order valence-electron chi connectivity index (χ1n) is 16.1. The van der Waals surface area contributed by atoms with Gasteiger partial charge in [0.05, 0.1) is 5.56 Å². The Morgan fingerprint density at radius 2 is 1.47 bits per heavy atom. The van der Waals surface area contributed by atoms with Gasteiger partial charge in [-0.3, -0.25) is 0 Å². The number of nitrogens with zero attached hydrogens (tertiary/aromatic N) is 6. The Labute approximate surface area is 274 Å². The van der Waals surface area contributed by atoms with E-state index in [2.05, 4.69) is 56.3 Å². The van der Waals surface area contributed by atoms with Gasteiger partial charge < -0.3 is 10.6 Å². The van der Waals surface area contributed by atoms with E-state index in [4.69, 9.17) is 20.8 Å². The summed E-state index contributed by atoms with van der Waals surface area (Å²) in [7, 11) is 0. The Bertz CT molecular complexity index is 1960. The van der Waals surface area contributed by atoms with Crippen molar-refractivity contribution in [3.8, 4) is 17.5 Å². The summed E-state index contributed by atoms with van der Waals surface area (Å²) in [6.07, 6.45) is 2.60. The van der Waals surface area contributed by atoms with Crippen LogP contribution in [0.2, 0.25) is 0 Å². The first kappa shape index (κ1) is 30.3. The van der Waals surface area contributed by atoms with Gasteiger partial charge in [-0.15, -0.1) is 0 Å². The van der Waals surface area contributed by atoms with Crippen molar-refractivity contribution in [2.45, 2.75) is 31.8 Å². The van der Waals surface area contributed by atoms with E-state index in [1.165, 1.54) is 6.07 Å². The molecule has 0 amide bonds. The number of rotatable bonds is 8. The van der Waals surface area contributed by atoms with Crippen LogP contribution in [0, 0.1) is 29.0 Å². The molecule has 3 aromatic heterocycles. The zero-order valence-corrected chi connectivity index (χ0v) is 26.5. The Balaban J connectivity index is 1.49. The summed E-state index contributed by atoms with van der Waals surface area (Å²) in [6.45, 7) is 5.46. The van der Waals surface area contributed by atoms with E-state index in [0.29, 0.717) is 41.4 Å². The minimum absolute atomic E-state index is 0.00807. The predicted molar refractivity (Wildman–Crippen MR) is 183 cm³/mol. The SMILES string of the molecule is CC(C)C(N)[C@H]1CCN(c2nc(-c3nn(C(c4ccccc4)(c4ccccc4)c4ccccc4)c4ncccc34)c(C#N)cc2F)C1. The lowest BCUT2D eigenvalue weighted by Crippen LogP contribution is -2.38. The van der Waals surface area contributed by atoms with Crippen molar-refractivity contribution in [2.24, 2.45) is 17.6 Å². The number of halogens is 1. The molecule has 2 N–H and O–H groups in total. The molecule has 1 aliphatic rings. The highest BCUT2D eigenvalue weighted by Gasteiger charge is 2.42. The third kappa shape index (κ3) is 5.13.